The molecule has 1 fully saturated rings. The molecule has 1 aromatic rings. The maximum Gasteiger partial charge on any atom is 0.253 e. The summed E-state index contributed by atoms with van der Waals surface area (Å²) >= 11 is 6.02. The number of rotatable bonds is 3. The summed E-state index contributed by atoms with van der Waals surface area (Å²) in [7, 11) is 1.81. The lowest BCUT2D eigenvalue weighted by molar-refractivity contribution is 0.0875. The summed E-state index contributed by atoms with van der Waals surface area (Å²) in [5.74, 6) is 0.596. The molecule has 2 N–H and O–H groups in total. The topological polar surface area (TPSA) is 41.1 Å². The lowest BCUT2D eigenvalue weighted by atomic mass is 9.70. The fraction of sp³-hybridized carbons (Fsp3) is 0.588. The van der Waals surface area contributed by atoms with E-state index in [4.69, 9.17) is 11.6 Å². The standard InChI is InChI=1S/C17H25ClN2O/c1-11-7-13(10-17(2,3)9-11)20-16(21)14-8-12(18)5-6-15(14)19-4/h5-6,8,11,13,19H,7,9-10H2,1-4H3,(H,20,21)/t11-,13-/m1/s1. The van der Waals surface area contributed by atoms with Crippen molar-refractivity contribution in [2.45, 2.75) is 46.1 Å². The fourth-order valence-corrected chi connectivity index (χ4v) is 3.81. The van der Waals surface area contributed by atoms with E-state index < -0.39 is 0 Å². The minimum Gasteiger partial charge on any atom is -0.387 e. The number of hydrogen-bond donors (Lipinski definition) is 2. The van der Waals surface area contributed by atoms with E-state index in [0.717, 1.165) is 18.5 Å². The third-order valence-electron chi connectivity index (χ3n) is 4.22. The van der Waals surface area contributed by atoms with Crippen LogP contribution in [0.5, 0.6) is 0 Å². The molecule has 0 unspecified atom stereocenters. The molecule has 2 atom stereocenters. The quantitative estimate of drug-likeness (QED) is 0.873. The zero-order valence-electron chi connectivity index (χ0n) is 13.3. The van der Waals surface area contributed by atoms with Gasteiger partial charge in [0.25, 0.3) is 5.91 Å². The Kier molecular flexibility index (Phi) is 4.82. The normalized spacial score (nSPS) is 24.4. The van der Waals surface area contributed by atoms with E-state index in [0.29, 0.717) is 16.5 Å². The molecule has 1 aromatic carbocycles. The van der Waals surface area contributed by atoms with Crippen LogP contribution >= 0.6 is 11.6 Å². The average Bonchev–Trinajstić information content (AvgIpc) is 2.36. The average molecular weight is 309 g/mol. The van der Waals surface area contributed by atoms with Gasteiger partial charge in [-0.2, -0.15) is 0 Å². The zero-order chi connectivity index (χ0) is 15.6. The van der Waals surface area contributed by atoms with E-state index in [1.54, 1.807) is 12.1 Å². The minimum absolute atomic E-state index is 0.0447. The Morgan fingerprint density at radius 2 is 2.05 bits per heavy atom. The molecule has 1 saturated carbocycles. The largest absolute Gasteiger partial charge is 0.387 e. The number of carbonyl (C=O) groups excluding carboxylic acids is 1. The predicted octanol–water partition coefficient (Wildman–Crippen LogP) is 4.33. The lowest BCUT2D eigenvalue weighted by Crippen LogP contribution is -2.43. The van der Waals surface area contributed by atoms with E-state index in [9.17, 15) is 4.79 Å². The van der Waals surface area contributed by atoms with Crippen molar-refractivity contribution in [3.8, 4) is 0 Å². The first-order valence-corrected chi connectivity index (χ1v) is 7.97. The summed E-state index contributed by atoms with van der Waals surface area (Å²) < 4.78 is 0. The summed E-state index contributed by atoms with van der Waals surface area (Å²) in [6.45, 7) is 6.82. The number of hydrogen-bond acceptors (Lipinski definition) is 2. The highest BCUT2D eigenvalue weighted by atomic mass is 35.5. The van der Waals surface area contributed by atoms with Crippen LogP contribution in [0.25, 0.3) is 0 Å². The molecule has 1 aliphatic carbocycles. The number of anilines is 1. The third-order valence-corrected chi connectivity index (χ3v) is 4.45. The van der Waals surface area contributed by atoms with Crippen molar-refractivity contribution in [3.63, 3.8) is 0 Å². The maximum atomic E-state index is 12.6. The first-order chi connectivity index (χ1) is 9.80. The SMILES string of the molecule is CNc1ccc(Cl)cc1C(=O)N[C@@H]1C[C@@H](C)CC(C)(C)C1. The molecule has 0 aromatic heterocycles. The van der Waals surface area contributed by atoms with Crippen molar-refractivity contribution in [1.29, 1.82) is 0 Å². The summed E-state index contributed by atoms with van der Waals surface area (Å²) in [6.07, 6.45) is 3.29. The molecule has 2 rings (SSSR count). The van der Waals surface area contributed by atoms with Gasteiger partial charge in [-0.05, 0) is 48.8 Å². The molecule has 0 aliphatic heterocycles. The molecule has 1 aliphatic rings. The first-order valence-electron chi connectivity index (χ1n) is 7.59. The lowest BCUT2D eigenvalue weighted by Gasteiger charge is -2.39. The second-order valence-corrected chi connectivity index (χ2v) is 7.46. The van der Waals surface area contributed by atoms with Crippen LogP contribution in [0, 0.1) is 11.3 Å². The number of halogens is 1. The van der Waals surface area contributed by atoms with Gasteiger partial charge < -0.3 is 10.6 Å². The fourth-order valence-electron chi connectivity index (χ4n) is 3.64. The van der Waals surface area contributed by atoms with Crippen LogP contribution in [0.4, 0.5) is 5.69 Å². The summed E-state index contributed by atoms with van der Waals surface area (Å²) in [6, 6.07) is 5.58. The van der Waals surface area contributed by atoms with Gasteiger partial charge >= 0.3 is 0 Å². The van der Waals surface area contributed by atoms with E-state index in [-0.39, 0.29) is 17.4 Å². The Balaban J connectivity index is 2.13. The van der Waals surface area contributed by atoms with E-state index >= 15 is 0 Å². The van der Waals surface area contributed by atoms with Crippen molar-refractivity contribution in [2.24, 2.45) is 11.3 Å². The van der Waals surface area contributed by atoms with Gasteiger partial charge in [0.15, 0.2) is 0 Å². The van der Waals surface area contributed by atoms with Crippen molar-refractivity contribution in [3.05, 3.63) is 28.8 Å². The Morgan fingerprint density at radius 1 is 1.33 bits per heavy atom. The molecule has 21 heavy (non-hydrogen) atoms. The second-order valence-electron chi connectivity index (χ2n) is 7.02. The van der Waals surface area contributed by atoms with Gasteiger partial charge in [0, 0.05) is 23.8 Å². The van der Waals surface area contributed by atoms with Crippen LogP contribution in [-0.4, -0.2) is 19.0 Å². The van der Waals surface area contributed by atoms with Crippen LogP contribution in [0.1, 0.15) is 50.4 Å². The minimum atomic E-state index is -0.0447. The molecule has 0 heterocycles. The molecule has 3 nitrogen and oxygen atoms in total. The first kappa shape index (κ1) is 16.2. The molecular weight excluding hydrogens is 284 g/mol. The number of amides is 1. The van der Waals surface area contributed by atoms with Crippen LogP contribution < -0.4 is 10.6 Å². The Morgan fingerprint density at radius 3 is 2.67 bits per heavy atom. The van der Waals surface area contributed by atoms with Crippen LogP contribution in [-0.2, 0) is 0 Å². The molecule has 116 valence electrons. The Hall–Kier alpha value is -1.22. The maximum absolute atomic E-state index is 12.6. The second kappa shape index (κ2) is 6.27. The van der Waals surface area contributed by atoms with Crippen LogP contribution in [0.2, 0.25) is 5.02 Å². The van der Waals surface area contributed by atoms with Crippen LogP contribution in [0.15, 0.2) is 18.2 Å². The molecule has 0 saturated heterocycles. The van der Waals surface area contributed by atoms with Gasteiger partial charge in [-0.25, -0.2) is 0 Å². The molecule has 1 amide bonds. The van der Waals surface area contributed by atoms with Crippen molar-refractivity contribution >= 4 is 23.2 Å². The smallest absolute Gasteiger partial charge is 0.253 e. The van der Waals surface area contributed by atoms with Crippen molar-refractivity contribution in [2.75, 3.05) is 12.4 Å². The highest BCUT2D eigenvalue weighted by molar-refractivity contribution is 6.31. The monoisotopic (exact) mass is 308 g/mol. The van der Waals surface area contributed by atoms with E-state index in [1.807, 2.05) is 13.1 Å². The third kappa shape index (κ3) is 4.13. The van der Waals surface area contributed by atoms with Crippen LogP contribution in [0.3, 0.4) is 0 Å². The van der Waals surface area contributed by atoms with E-state index in [1.165, 1.54) is 6.42 Å². The van der Waals surface area contributed by atoms with Gasteiger partial charge in [0.2, 0.25) is 0 Å². The van der Waals surface area contributed by atoms with Gasteiger partial charge in [-0.1, -0.05) is 32.4 Å². The van der Waals surface area contributed by atoms with Gasteiger partial charge in [-0.15, -0.1) is 0 Å². The number of carbonyl (C=O) groups is 1. The van der Waals surface area contributed by atoms with Gasteiger partial charge in [0.05, 0.1) is 5.56 Å². The summed E-state index contributed by atoms with van der Waals surface area (Å²) in [5, 5.41) is 6.81. The van der Waals surface area contributed by atoms with Crippen molar-refractivity contribution in [1.82, 2.24) is 5.32 Å². The molecule has 4 heteroatoms. The summed E-state index contributed by atoms with van der Waals surface area (Å²) in [4.78, 5) is 12.6. The Labute approximate surface area is 132 Å². The molecule has 0 spiro atoms. The molecule has 0 radical (unpaired) electrons. The van der Waals surface area contributed by atoms with Crippen molar-refractivity contribution < 1.29 is 4.79 Å². The number of benzene rings is 1. The molecular formula is C17H25ClN2O. The van der Waals surface area contributed by atoms with Gasteiger partial charge in [0.1, 0.15) is 0 Å². The number of nitrogens with one attached hydrogen (secondary N) is 2. The van der Waals surface area contributed by atoms with Gasteiger partial charge in [-0.3, -0.25) is 4.79 Å². The summed E-state index contributed by atoms with van der Waals surface area (Å²) in [5.41, 5.74) is 1.71. The zero-order valence-corrected chi connectivity index (χ0v) is 14.1. The predicted molar refractivity (Wildman–Crippen MR) is 89.0 cm³/mol. The van der Waals surface area contributed by atoms with E-state index in [2.05, 4.69) is 31.4 Å². The molecule has 0 bridgehead atoms. The highest BCUT2D eigenvalue weighted by Crippen LogP contribution is 2.38. The highest BCUT2D eigenvalue weighted by Gasteiger charge is 2.33. The Bertz CT molecular complexity index is 528.